The Morgan fingerprint density at radius 2 is 1.88 bits per heavy atom. The second-order valence-electron chi connectivity index (χ2n) is 6.32. The van der Waals surface area contributed by atoms with Gasteiger partial charge in [-0.25, -0.2) is 0 Å². The summed E-state index contributed by atoms with van der Waals surface area (Å²) >= 11 is 0. The normalized spacial score (nSPS) is 16.0. The van der Waals surface area contributed by atoms with Gasteiger partial charge in [0.15, 0.2) is 0 Å². The molecular formula is C17H24ClF3N2O. The van der Waals surface area contributed by atoms with Crippen molar-refractivity contribution < 1.29 is 18.0 Å². The lowest BCUT2D eigenvalue weighted by atomic mass is 9.88. The van der Waals surface area contributed by atoms with Gasteiger partial charge in [0.2, 0.25) is 5.91 Å². The minimum atomic E-state index is -4.37. The maximum absolute atomic E-state index is 12.8. The predicted molar refractivity (Wildman–Crippen MR) is 90.3 cm³/mol. The first-order valence-electron chi connectivity index (χ1n) is 7.88. The van der Waals surface area contributed by atoms with E-state index >= 15 is 0 Å². The molecule has 3 nitrogen and oxygen atoms in total. The zero-order valence-corrected chi connectivity index (χ0v) is 14.7. The molecule has 0 radical (unpaired) electrons. The van der Waals surface area contributed by atoms with Gasteiger partial charge in [-0.3, -0.25) is 4.79 Å². The highest BCUT2D eigenvalue weighted by Crippen LogP contribution is 2.22. The van der Waals surface area contributed by atoms with E-state index in [0.717, 1.165) is 16.0 Å². The number of hydrogen-bond acceptors (Lipinski definition) is 2. The molecule has 0 spiro atoms. The van der Waals surface area contributed by atoms with Crippen molar-refractivity contribution in [3.8, 4) is 0 Å². The number of halogens is 4. The van der Waals surface area contributed by atoms with E-state index in [1.54, 1.807) is 6.92 Å². The quantitative estimate of drug-likeness (QED) is 0.840. The molecule has 0 saturated carbocycles. The molecule has 1 atom stereocenters. The third kappa shape index (κ3) is 5.98. The Hall–Kier alpha value is -1.27. The summed E-state index contributed by atoms with van der Waals surface area (Å²) in [7, 11) is 0. The second-order valence-corrected chi connectivity index (χ2v) is 6.32. The van der Waals surface area contributed by atoms with Crippen LogP contribution in [0.3, 0.4) is 0 Å². The molecule has 1 unspecified atom stereocenters. The van der Waals surface area contributed by atoms with Crippen molar-refractivity contribution in [3.05, 3.63) is 35.4 Å². The summed E-state index contributed by atoms with van der Waals surface area (Å²) in [6.07, 6.45) is -3.95. The number of aryl methyl sites for hydroxylation is 1. The topological polar surface area (TPSA) is 32.3 Å². The van der Waals surface area contributed by atoms with Crippen LogP contribution in [0.5, 0.6) is 0 Å². The van der Waals surface area contributed by atoms with Crippen LogP contribution in [-0.4, -0.2) is 43.2 Å². The molecule has 0 aromatic heterocycles. The average molecular weight is 365 g/mol. The van der Waals surface area contributed by atoms with Gasteiger partial charge in [0.25, 0.3) is 0 Å². The first kappa shape index (κ1) is 20.8. The lowest BCUT2D eigenvalue weighted by molar-refractivity contribution is -0.164. The first-order chi connectivity index (χ1) is 10.8. The molecule has 2 rings (SSSR count). The molecule has 1 aromatic rings. The zero-order valence-electron chi connectivity index (χ0n) is 13.9. The van der Waals surface area contributed by atoms with E-state index in [4.69, 9.17) is 0 Å². The van der Waals surface area contributed by atoms with Gasteiger partial charge in [-0.15, -0.1) is 12.4 Å². The zero-order chi connectivity index (χ0) is 17.0. The van der Waals surface area contributed by atoms with Crippen LogP contribution in [0.1, 0.15) is 18.1 Å². The fourth-order valence-electron chi connectivity index (χ4n) is 2.66. The smallest absolute Gasteiger partial charge is 0.333 e. The summed E-state index contributed by atoms with van der Waals surface area (Å²) in [4.78, 5) is 13.4. The van der Waals surface area contributed by atoms with Crippen molar-refractivity contribution in [3.63, 3.8) is 0 Å². The van der Waals surface area contributed by atoms with Gasteiger partial charge in [0.1, 0.15) is 6.54 Å². The average Bonchev–Trinajstić information content (AvgIpc) is 2.41. The largest absolute Gasteiger partial charge is 0.406 e. The van der Waals surface area contributed by atoms with Crippen LogP contribution >= 0.6 is 12.4 Å². The SMILES string of the molecule is Cc1ccc(CCN(CC(F)(F)F)C(=O)C(C)C2CNC2)cc1.Cl. The molecule has 1 aliphatic heterocycles. The van der Waals surface area contributed by atoms with Crippen LogP contribution in [0.15, 0.2) is 24.3 Å². The van der Waals surface area contributed by atoms with Crippen molar-refractivity contribution in [2.45, 2.75) is 26.4 Å². The minimum Gasteiger partial charge on any atom is -0.333 e. The van der Waals surface area contributed by atoms with Gasteiger partial charge in [-0.2, -0.15) is 13.2 Å². The van der Waals surface area contributed by atoms with Gasteiger partial charge < -0.3 is 10.2 Å². The minimum absolute atomic E-state index is 0. The van der Waals surface area contributed by atoms with E-state index in [-0.39, 0.29) is 30.8 Å². The number of carbonyl (C=O) groups excluding carboxylic acids is 1. The van der Waals surface area contributed by atoms with Crippen LogP contribution in [0.4, 0.5) is 13.2 Å². The Labute approximate surface area is 147 Å². The highest BCUT2D eigenvalue weighted by Gasteiger charge is 2.37. The van der Waals surface area contributed by atoms with E-state index in [9.17, 15) is 18.0 Å². The summed E-state index contributed by atoms with van der Waals surface area (Å²) in [6.45, 7) is 3.99. The Balaban J connectivity index is 0.00000288. The number of nitrogens with one attached hydrogen (secondary N) is 1. The van der Waals surface area contributed by atoms with E-state index in [2.05, 4.69) is 5.32 Å². The number of nitrogens with zero attached hydrogens (tertiary/aromatic N) is 1. The highest BCUT2D eigenvalue weighted by atomic mass is 35.5. The third-order valence-electron chi connectivity index (χ3n) is 4.38. The van der Waals surface area contributed by atoms with Gasteiger partial charge >= 0.3 is 6.18 Å². The number of alkyl halides is 3. The highest BCUT2D eigenvalue weighted by molar-refractivity contribution is 5.85. The number of rotatable bonds is 6. The van der Waals surface area contributed by atoms with E-state index in [1.165, 1.54) is 0 Å². The summed E-state index contributed by atoms with van der Waals surface area (Å²) in [5, 5.41) is 3.05. The molecule has 24 heavy (non-hydrogen) atoms. The van der Waals surface area contributed by atoms with Crippen LogP contribution in [-0.2, 0) is 11.2 Å². The molecule has 1 aliphatic rings. The molecular weight excluding hydrogens is 341 g/mol. The lowest BCUT2D eigenvalue weighted by Crippen LogP contribution is -2.52. The Bertz CT molecular complexity index is 530. The maximum atomic E-state index is 12.8. The molecule has 1 amide bonds. The second kappa shape index (κ2) is 8.72. The summed E-state index contributed by atoms with van der Waals surface area (Å²) in [6, 6.07) is 7.64. The number of hydrogen-bond donors (Lipinski definition) is 1. The molecule has 136 valence electrons. The van der Waals surface area contributed by atoms with Crippen molar-refractivity contribution in [2.24, 2.45) is 11.8 Å². The van der Waals surface area contributed by atoms with Gasteiger partial charge in [0, 0.05) is 12.5 Å². The van der Waals surface area contributed by atoms with Gasteiger partial charge in [-0.05, 0) is 37.9 Å². The molecule has 1 fully saturated rings. The summed E-state index contributed by atoms with van der Waals surface area (Å²) < 4.78 is 38.4. The maximum Gasteiger partial charge on any atom is 0.406 e. The monoisotopic (exact) mass is 364 g/mol. The summed E-state index contributed by atoms with van der Waals surface area (Å²) in [5.41, 5.74) is 2.04. The third-order valence-corrected chi connectivity index (χ3v) is 4.38. The van der Waals surface area contributed by atoms with E-state index in [0.29, 0.717) is 19.5 Å². The molecule has 1 aromatic carbocycles. The van der Waals surface area contributed by atoms with E-state index in [1.807, 2.05) is 31.2 Å². The van der Waals surface area contributed by atoms with Crippen LogP contribution in [0, 0.1) is 18.8 Å². The Morgan fingerprint density at radius 3 is 2.33 bits per heavy atom. The van der Waals surface area contributed by atoms with Crippen LogP contribution in [0.2, 0.25) is 0 Å². The van der Waals surface area contributed by atoms with E-state index < -0.39 is 18.6 Å². The molecule has 7 heteroatoms. The van der Waals surface area contributed by atoms with Crippen LogP contribution < -0.4 is 5.32 Å². The van der Waals surface area contributed by atoms with Crippen molar-refractivity contribution in [1.82, 2.24) is 10.2 Å². The lowest BCUT2D eigenvalue weighted by Gasteiger charge is -2.35. The fraction of sp³-hybridized carbons (Fsp3) is 0.588. The number of amides is 1. The van der Waals surface area contributed by atoms with Crippen molar-refractivity contribution >= 4 is 18.3 Å². The molecule has 0 aliphatic carbocycles. The molecule has 1 N–H and O–H groups in total. The Morgan fingerprint density at radius 1 is 1.29 bits per heavy atom. The standard InChI is InChI=1S/C17H23F3N2O.ClH/c1-12-3-5-14(6-4-12)7-8-22(11-17(18,19)20)16(23)13(2)15-9-21-10-15;/h3-6,13,15,21H,7-11H2,1-2H3;1H. The summed E-state index contributed by atoms with van der Waals surface area (Å²) in [5.74, 6) is -0.643. The number of carbonyl (C=O) groups is 1. The molecule has 1 saturated heterocycles. The predicted octanol–water partition coefficient (Wildman–Crippen LogP) is 3.21. The van der Waals surface area contributed by atoms with Crippen molar-refractivity contribution in [2.75, 3.05) is 26.2 Å². The molecule has 0 bridgehead atoms. The molecule has 1 heterocycles. The first-order valence-corrected chi connectivity index (χ1v) is 7.88. The van der Waals surface area contributed by atoms with Crippen molar-refractivity contribution in [1.29, 1.82) is 0 Å². The number of benzene rings is 1. The van der Waals surface area contributed by atoms with Gasteiger partial charge in [0.05, 0.1) is 0 Å². The Kier molecular flexibility index (Phi) is 7.55. The van der Waals surface area contributed by atoms with Crippen LogP contribution in [0.25, 0.3) is 0 Å². The fourth-order valence-corrected chi connectivity index (χ4v) is 2.66. The van der Waals surface area contributed by atoms with Gasteiger partial charge in [-0.1, -0.05) is 36.8 Å².